The van der Waals surface area contributed by atoms with Gasteiger partial charge in [-0.25, -0.2) is 0 Å². The van der Waals surface area contributed by atoms with Crippen molar-refractivity contribution < 1.29 is 27.0 Å². The van der Waals surface area contributed by atoms with Crippen LogP contribution in [0.15, 0.2) is 109 Å². The van der Waals surface area contributed by atoms with Crippen molar-refractivity contribution in [3.05, 3.63) is 138 Å². The normalized spacial score (nSPS) is 13.7. The summed E-state index contributed by atoms with van der Waals surface area (Å²) in [6.07, 6.45) is 2.22. The van der Waals surface area contributed by atoms with Gasteiger partial charge in [-0.3, -0.25) is 0 Å². The summed E-state index contributed by atoms with van der Waals surface area (Å²) in [5.74, 6) is 7.04. The molecule has 0 aliphatic carbocycles. The number of benzene rings is 4. The number of nitrogens with zero attached hydrogens (tertiary/aromatic N) is 2. The number of hydrogen-bond acceptors (Lipinski definition) is 3. The fourth-order valence-electron chi connectivity index (χ4n) is 5.89. The van der Waals surface area contributed by atoms with Crippen LogP contribution in [0.1, 0.15) is 44.3 Å². The van der Waals surface area contributed by atoms with Gasteiger partial charge in [0.05, 0.1) is 0 Å². The number of fused-ring (bicyclic) bond motifs is 3. The Labute approximate surface area is 319 Å². The molecule has 49 heavy (non-hydrogen) atoms. The average molecular weight is 903 g/mol. The molecule has 0 aliphatic heterocycles. The van der Waals surface area contributed by atoms with Crippen molar-refractivity contribution in [2.45, 2.75) is 58.2 Å². The maximum atomic E-state index is 8.67. The summed E-state index contributed by atoms with van der Waals surface area (Å²) >= 11 is -0.142. The van der Waals surface area contributed by atoms with E-state index in [0.717, 1.165) is 27.2 Å². The molecule has 4 aromatic carbocycles. The largest absolute Gasteiger partial charge is 0.305 e. The fraction of sp³-hybridized carbons (Fsp3) is 0.227. The Morgan fingerprint density at radius 3 is 2.31 bits per heavy atom. The second-order valence-corrected chi connectivity index (χ2v) is 25.8. The van der Waals surface area contributed by atoms with Gasteiger partial charge in [-0.1, -0.05) is 80.3 Å². The van der Waals surface area contributed by atoms with Gasteiger partial charge < -0.3 is 4.98 Å². The molecule has 5 heteroatoms. The standard InChI is InChI=1S/C28H24NS.C16H20GeN.Ir/c1-28(2,3)18-19-14-15-29-25(16-19)24-11-7-10-23-22-13-12-21(17-26(22)30-27(23)24)20-8-5-4-6-9-20;1-12-6-8-14(9-7-12)16-10-13(2)15(11-18-16)17(3,4)5;/h4-10,12-17H,18H2,1-3H3;6-8,10-11H,1-5H3;/q2*-1;/i18D2;1D3;. The first-order chi connectivity index (χ1) is 24.8. The number of aryl methyl sites for hydroxylation is 2. The maximum absolute atomic E-state index is 8.67. The summed E-state index contributed by atoms with van der Waals surface area (Å²) in [6, 6.07) is 38.2. The molecular weight excluding hydrogens is 853 g/mol. The van der Waals surface area contributed by atoms with Crippen LogP contribution in [0, 0.1) is 31.3 Å². The summed E-state index contributed by atoms with van der Waals surface area (Å²) in [5.41, 5.74) is 7.47. The number of hydrogen-bond donors (Lipinski definition) is 0. The first-order valence-corrected chi connectivity index (χ1v) is 24.4. The molecule has 0 amide bonds. The molecule has 7 rings (SSSR count). The van der Waals surface area contributed by atoms with Gasteiger partial charge >= 0.3 is 117 Å². The molecule has 0 spiro atoms. The molecule has 251 valence electrons. The van der Waals surface area contributed by atoms with Crippen molar-refractivity contribution in [1.82, 2.24) is 9.97 Å². The Hall–Kier alpha value is -3.41. The Bertz CT molecular complexity index is 2390. The molecule has 1 radical (unpaired) electrons. The smallest absolute Gasteiger partial charge is 0.0321 e. The van der Waals surface area contributed by atoms with E-state index < -0.39 is 31.9 Å². The van der Waals surface area contributed by atoms with Gasteiger partial charge in [-0.15, -0.1) is 23.8 Å². The molecule has 7 aromatic rings. The molecule has 0 bridgehead atoms. The van der Waals surface area contributed by atoms with E-state index in [4.69, 9.17) is 6.85 Å². The first kappa shape index (κ1) is 30.4. The molecule has 0 fully saturated rings. The molecule has 3 aromatic heterocycles. The number of aromatic nitrogens is 2. The van der Waals surface area contributed by atoms with Crippen LogP contribution in [0.4, 0.5) is 0 Å². The minimum atomic E-state index is -2.08. The third-order valence-electron chi connectivity index (χ3n) is 8.08. The second-order valence-electron chi connectivity index (χ2n) is 14.2. The number of pyridine rings is 2. The van der Waals surface area contributed by atoms with Gasteiger partial charge in [0.25, 0.3) is 0 Å². The molecule has 0 unspecified atom stereocenters. The van der Waals surface area contributed by atoms with Crippen LogP contribution in [0.2, 0.25) is 17.3 Å². The van der Waals surface area contributed by atoms with E-state index in [-0.39, 0.29) is 20.1 Å². The SMILES string of the molecule is [2H]C([2H])([2H])c1c[c-]c(-c2cc(C)[c]([Ge]([CH3])([CH3])[CH3])cn2)cc1.[2H]C([2H])(c1ccnc(-c2[c-]ccc3c2sc2cc(-c4ccccc4)ccc23)c1)C(C)(C)C.[Ir]. The maximum Gasteiger partial charge on any atom is 0.0321 e. The van der Waals surface area contributed by atoms with Crippen LogP contribution in [-0.2, 0) is 26.5 Å². The molecule has 0 saturated heterocycles. The molecule has 0 saturated carbocycles. The molecule has 2 nitrogen and oxygen atoms in total. The van der Waals surface area contributed by atoms with Crippen LogP contribution in [0.25, 0.3) is 53.8 Å². The van der Waals surface area contributed by atoms with Crippen molar-refractivity contribution >= 4 is 49.2 Å². The van der Waals surface area contributed by atoms with E-state index in [1.165, 1.54) is 42.6 Å². The van der Waals surface area contributed by atoms with Crippen molar-refractivity contribution in [3.63, 3.8) is 0 Å². The van der Waals surface area contributed by atoms with E-state index in [9.17, 15) is 0 Å². The molecule has 3 heterocycles. The summed E-state index contributed by atoms with van der Waals surface area (Å²) in [5, 5.41) is 2.41. The quantitative estimate of drug-likeness (QED) is 0.127. The van der Waals surface area contributed by atoms with Crippen molar-refractivity contribution in [3.8, 4) is 33.6 Å². The Morgan fingerprint density at radius 2 is 1.63 bits per heavy atom. The molecule has 0 atom stereocenters. The van der Waals surface area contributed by atoms with Crippen LogP contribution in [0.5, 0.6) is 0 Å². The summed E-state index contributed by atoms with van der Waals surface area (Å²) < 4.78 is 43.2. The molecular formula is C44H44GeIrN2S-2. The predicted octanol–water partition coefficient (Wildman–Crippen LogP) is 11.9. The van der Waals surface area contributed by atoms with E-state index in [2.05, 4.69) is 101 Å². The molecule has 0 N–H and O–H groups in total. The van der Waals surface area contributed by atoms with Gasteiger partial charge in [-0.2, -0.15) is 11.3 Å². The third kappa shape index (κ3) is 8.85. The second kappa shape index (κ2) is 15.2. The van der Waals surface area contributed by atoms with Gasteiger partial charge in [0.15, 0.2) is 0 Å². The number of thiophene rings is 1. The topological polar surface area (TPSA) is 25.8 Å². The van der Waals surface area contributed by atoms with E-state index in [1.807, 2.05) is 45.2 Å². The van der Waals surface area contributed by atoms with E-state index in [0.29, 0.717) is 11.1 Å². The monoisotopic (exact) mass is 904 g/mol. The van der Waals surface area contributed by atoms with Gasteiger partial charge in [0, 0.05) is 33.7 Å². The van der Waals surface area contributed by atoms with Gasteiger partial charge in [0.1, 0.15) is 0 Å². The van der Waals surface area contributed by atoms with Crippen molar-refractivity contribution in [1.29, 1.82) is 0 Å². The van der Waals surface area contributed by atoms with Crippen molar-refractivity contribution in [2.75, 3.05) is 0 Å². The minimum Gasteiger partial charge on any atom is -0.305 e. The van der Waals surface area contributed by atoms with Gasteiger partial charge in [-0.05, 0) is 50.8 Å². The Kier molecular flexibility index (Phi) is 9.45. The fourth-order valence-corrected chi connectivity index (χ4v) is 10.7. The average Bonchev–Trinajstić information content (AvgIpc) is 3.49. The number of rotatable bonds is 5. The Balaban J connectivity index is 0.000000223. The van der Waals surface area contributed by atoms with E-state index >= 15 is 0 Å². The Morgan fingerprint density at radius 1 is 0.837 bits per heavy atom. The van der Waals surface area contributed by atoms with Gasteiger partial charge in [0.2, 0.25) is 0 Å². The van der Waals surface area contributed by atoms with Crippen LogP contribution < -0.4 is 4.40 Å². The van der Waals surface area contributed by atoms with Crippen LogP contribution in [-0.4, -0.2) is 23.2 Å². The zero-order valence-electron chi connectivity index (χ0n) is 34.0. The van der Waals surface area contributed by atoms with Crippen LogP contribution in [0.3, 0.4) is 0 Å². The van der Waals surface area contributed by atoms with Crippen LogP contribution >= 0.6 is 11.3 Å². The zero-order valence-corrected chi connectivity index (χ0v) is 34.3. The first-order valence-electron chi connectivity index (χ1n) is 18.7. The third-order valence-corrected chi connectivity index (χ3v) is 13.8. The predicted molar refractivity (Wildman–Crippen MR) is 211 cm³/mol. The summed E-state index contributed by atoms with van der Waals surface area (Å²) in [7, 11) is 0. The summed E-state index contributed by atoms with van der Waals surface area (Å²) in [4.78, 5) is 9.14. The summed E-state index contributed by atoms with van der Waals surface area (Å²) in [6.45, 7) is 5.82. The minimum absolute atomic E-state index is 0. The molecule has 0 aliphatic rings. The van der Waals surface area contributed by atoms with Crippen molar-refractivity contribution in [2.24, 2.45) is 5.41 Å². The van der Waals surface area contributed by atoms with E-state index in [1.54, 1.807) is 35.7 Å². The zero-order chi connectivity index (χ0) is 38.3.